The zero-order chi connectivity index (χ0) is 10.4. The third kappa shape index (κ3) is 3.60. The van der Waals surface area contributed by atoms with E-state index in [1.54, 1.807) is 6.07 Å². The van der Waals surface area contributed by atoms with E-state index in [1.165, 1.54) is 5.56 Å². The summed E-state index contributed by atoms with van der Waals surface area (Å²) in [6.07, 6.45) is 2.09. The molecule has 78 valence electrons. The summed E-state index contributed by atoms with van der Waals surface area (Å²) >= 11 is 1.82. The van der Waals surface area contributed by atoms with Gasteiger partial charge in [-0.1, -0.05) is 17.7 Å². The quantitative estimate of drug-likeness (QED) is 0.732. The van der Waals surface area contributed by atoms with Crippen molar-refractivity contribution in [2.24, 2.45) is 0 Å². The minimum absolute atomic E-state index is 0.382. The fourth-order valence-corrected chi connectivity index (χ4v) is 1.60. The third-order valence-corrected chi connectivity index (χ3v) is 2.65. The second-order valence-electron chi connectivity index (χ2n) is 3.30. The van der Waals surface area contributed by atoms with Gasteiger partial charge in [0.15, 0.2) is 0 Å². The molecule has 0 radical (unpaired) electrons. The van der Waals surface area contributed by atoms with Crippen LogP contribution >= 0.6 is 11.8 Å². The molecular formula is C11H17NOS. The molecule has 0 spiro atoms. The number of benzene rings is 1. The highest BCUT2D eigenvalue weighted by Gasteiger charge is 1.99. The van der Waals surface area contributed by atoms with Gasteiger partial charge in [0.1, 0.15) is 5.75 Å². The van der Waals surface area contributed by atoms with Crippen LogP contribution in [0.15, 0.2) is 18.2 Å². The maximum Gasteiger partial charge on any atom is 0.120 e. The van der Waals surface area contributed by atoms with Gasteiger partial charge < -0.3 is 10.4 Å². The molecule has 0 bridgehead atoms. The van der Waals surface area contributed by atoms with E-state index in [9.17, 15) is 5.11 Å². The second kappa shape index (κ2) is 5.94. The predicted molar refractivity (Wildman–Crippen MR) is 62.9 cm³/mol. The number of phenols is 1. The van der Waals surface area contributed by atoms with Crippen molar-refractivity contribution in [2.45, 2.75) is 13.5 Å². The zero-order valence-corrected chi connectivity index (χ0v) is 9.53. The lowest BCUT2D eigenvalue weighted by Crippen LogP contribution is -2.16. The molecule has 14 heavy (non-hydrogen) atoms. The van der Waals surface area contributed by atoms with E-state index in [0.717, 1.165) is 24.4 Å². The number of aryl methyl sites for hydroxylation is 1. The van der Waals surface area contributed by atoms with E-state index >= 15 is 0 Å². The smallest absolute Gasteiger partial charge is 0.120 e. The first kappa shape index (κ1) is 11.4. The molecule has 1 aromatic rings. The molecule has 2 N–H and O–H groups in total. The van der Waals surface area contributed by atoms with Crippen LogP contribution in [0.2, 0.25) is 0 Å². The Hall–Kier alpha value is -0.670. The van der Waals surface area contributed by atoms with Gasteiger partial charge in [-0.2, -0.15) is 11.8 Å². The lowest BCUT2D eigenvalue weighted by molar-refractivity contribution is 0.465. The Kier molecular flexibility index (Phi) is 4.84. The van der Waals surface area contributed by atoms with E-state index in [2.05, 4.69) is 11.6 Å². The van der Waals surface area contributed by atoms with Gasteiger partial charge in [0.05, 0.1) is 0 Å². The standard InChI is InChI=1S/C11H17NOS/c1-9-3-4-11(13)10(7-9)8-12-5-6-14-2/h3-4,7,12-13H,5-6,8H2,1-2H3. The maximum absolute atomic E-state index is 9.55. The number of rotatable bonds is 5. The molecule has 0 saturated heterocycles. The van der Waals surface area contributed by atoms with Gasteiger partial charge in [-0.3, -0.25) is 0 Å². The normalized spacial score (nSPS) is 10.4. The predicted octanol–water partition coefficient (Wildman–Crippen LogP) is 2.15. The molecule has 0 aliphatic carbocycles. The third-order valence-electron chi connectivity index (χ3n) is 2.03. The van der Waals surface area contributed by atoms with Crippen LogP contribution in [0.4, 0.5) is 0 Å². The Bertz CT molecular complexity index is 289. The van der Waals surface area contributed by atoms with Crippen LogP contribution in [0, 0.1) is 6.92 Å². The van der Waals surface area contributed by atoms with E-state index in [0.29, 0.717) is 5.75 Å². The number of phenolic OH excluding ortho intramolecular Hbond substituents is 1. The fourth-order valence-electron chi connectivity index (χ4n) is 1.25. The Morgan fingerprint density at radius 3 is 2.93 bits per heavy atom. The molecule has 0 unspecified atom stereocenters. The lowest BCUT2D eigenvalue weighted by atomic mass is 10.1. The summed E-state index contributed by atoms with van der Waals surface area (Å²) in [4.78, 5) is 0. The van der Waals surface area contributed by atoms with E-state index in [4.69, 9.17) is 0 Å². The fraction of sp³-hybridized carbons (Fsp3) is 0.455. The molecule has 0 aliphatic heterocycles. The number of nitrogens with one attached hydrogen (secondary N) is 1. The number of hydrogen-bond donors (Lipinski definition) is 2. The molecule has 3 heteroatoms. The summed E-state index contributed by atoms with van der Waals surface area (Å²) in [5.74, 6) is 1.49. The number of thioether (sulfide) groups is 1. The average molecular weight is 211 g/mol. The van der Waals surface area contributed by atoms with Gasteiger partial charge in [-0.25, -0.2) is 0 Å². The molecule has 2 nitrogen and oxygen atoms in total. The van der Waals surface area contributed by atoms with Crippen LogP contribution < -0.4 is 5.32 Å². The van der Waals surface area contributed by atoms with Crippen LogP contribution in [0.1, 0.15) is 11.1 Å². The number of hydrogen-bond acceptors (Lipinski definition) is 3. The van der Waals surface area contributed by atoms with Crippen molar-refractivity contribution >= 4 is 11.8 Å². The highest BCUT2D eigenvalue weighted by molar-refractivity contribution is 7.98. The van der Waals surface area contributed by atoms with Crippen LogP contribution in [0.3, 0.4) is 0 Å². The minimum atomic E-state index is 0.382. The molecule has 0 saturated carbocycles. The molecule has 0 atom stereocenters. The minimum Gasteiger partial charge on any atom is -0.508 e. The molecule has 0 heterocycles. The molecular weight excluding hydrogens is 194 g/mol. The van der Waals surface area contributed by atoms with Gasteiger partial charge in [0.25, 0.3) is 0 Å². The Morgan fingerprint density at radius 1 is 1.43 bits per heavy atom. The summed E-state index contributed by atoms with van der Waals surface area (Å²) in [7, 11) is 0. The summed E-state index contributed by atoms with van der Waals surface area (Å²) in [6.45, 7) is 3.76. The monoisotopic (exact) mass is 211 g/mol. The summed E-state index contributed by atoms with van der Waals surface area (Å²) in [5, 5.41) is 12.8. The molecule has 0 amide bonds. The van der Waals surface area contributed by atoms with E-state index in [-0.39, 0.29) is 0 Å². The highest BCUT2D eigenvalue weighted by Crippen LogP contribution is 2.17. The average Bonchev–Trinajstić information content (AvgIpc) is 2.18. The second-order valence-corrected chi connectivity index (χ2v) is 4.29. The molecule has 0 fully saturated rings. The number of aromatic hydroxyl groups is 1. The summed E-state index contributed by atoms with van der Waals surface area (Å²) in [6, 6.07) is 5.68. The van der Waals surface area contributed by atoms with Crippen molar-refractivity contribution < 1.29 is 5.11 Å². The van der Waals surface area contributed by atoms with Gasteiger partial charge in [0, 0.05) is 24.4 Å². The van der Waals surface area contributed by atoms with Crippen molar-refractivity contribution in [1.82, 2.24) is 5.32 Å². The van der Waals surface area contributed by atoms with Crippen molar-refractivity contribution in [2.75, 3.05) is 18.6 Å². The van der Waals surface area contributed by atoms with Gasteiger partial charge >= 0.3 is 0 Å². The first-order valence-corrected chi connectivity index (χ1v) is 6.11. The van der Waals surface area contributed by atoms with Crippen LogP contribution in [0.5, 0.6) is 5.75 Å². The van der Waals surface area contributed by atoms with Crippen LogP contribution in [-0.4, -0.2) is 23.7 Å². The first-order chi connectivity index (χ1) is 6.74. The lowest BCUT2D eigenvalue weighted by Gasteiger charge is -2.06. The zero-order valence-electron chi connectivity index (χ0n) is 8.71. The van der Waals surface area contributed by atoms with Crippen molar-refractivity contribution in [3.8, 4) is 5.75 Å². The van der Waals surface area contributed by atoms with E-state index < -0.39 is 0 Å². The van der Waals surface area contributed by atoms with Crippen molar-refractivity contribution in [3.63, 3.8) is 0 Å². The highest BCUT2D eigenvalue weighted by atomic mass is 32.2. The Morgan fingerprint density at radius 2 is 2.21 bits per heavy atom. The molecule has 1 rings (SSSR count). The van der Waals surface area contributed by atoms with Crippen molar-refractivity contribution in [3.05, 3.63) is 29.3 Å². The summed E-state index contributed by atoms with van der Waals surface area (Å²) in [5.41, 5.74) is 2.16. The topological polar surface area (TPSA) is 32.3 Å². The van der Waals surface area contributed by atoms with Crippen molar-refractivity contribution in [1.29, 1.82) is 0 Å². The maximum atomic E-state index is 9.55. The SMILES string of the molecule is CSCCNCc1cc(C)ccc1O. The van der Waals surface area contributed by atoms with Crippen LogP contribution in [-0.2, 0) is 6.54 Å². The van der Waals surface area contributed by atoms with Gasteiger partial charge in [0.2, 0.25) is 0 Å². The molecule has 0 aliphatic rings. The van der Waals surface area contributed by atoms with E-state index in [1.807, 2.05) is 30.8 Å². The molecule has 1 aromatic carbocycles. The summed E-state index contributed by atoms with van der Waals surface area (Å²) < 4.78 is 0. The first-order valence-electron chi connectivity index (χ1n) is 4.72. The van der Waals surface area contributed by atoms with Crippen LogP contribution in [0.25, 0.3) is 0 Å². The van der Waals surface area contributed by atoms with Gasteiger partial charge in [-0.05, 0) is 19.2 Å². The Labute approximate surface area is 89.7 Å². The van der Waals surface area contributed by atoms with Gasteiger partial charge in [-0.15, -0.1) is 0 Å². The Balaban J connectivity index is 2.45. The molecule has 0 aromatic heterocycles. The largest absolute Gasteiger partial charge is 0.508 e.